The third kappa shape index (κ3) is 15.3. The zero-order chi connectivity index (χ0) is 61.1. The fourth-order valence-corrected chi connectivity index (χ4v) is 11.3. The first-order chi connectivity index (χ1) is 41.4. The van der Waals surface area contributed by atoms with Crippen molar-refractivity contribution in [3.63, 3.8) is 0 Å². The maximum Gasteiger partial charge on any atom is 0.431 e. The number of hydroxylamine groups is 1. The van der Waals surface area contributed by atoms with Gasteiger partial charge in [-0.25, -0.2) is 4.79 Å². The minimum Gasteiger partial charge on any atom is -0.493 e. The number of benzene rings is 5. The molecule has 0 radical (unpaired) electrons. The first kappa shape index (κ1) is 61.6. The number of aliphatic imine (C=N–C) groups is 1. The van der Waals surface area contributed by atoms with Crippen molar-refractivity contribution in [1.82, 2.24) is 21.4 Å². The minimum absolute atomic E-state index is 0.0206. The molecular weight excluding hydrogens is 1120 g/mol. The number of fused-ring (bicyclic) bond motifs is 8. The maximum absolute atomic E-state index is 14.2. The van der Waals surface area contributed by atoms with Gasteiger partial charge in [0.15, 0.2) is 23.0 Å². The van der Waals surface area contributed by atoms with Crippen molar-refractivity contribution >= 4 is 84.3 Å². The first-order valence-corrected chi connectivity index (χ1v) is 32.7. The molecule has 454 valence electrons. The van der Waals surface area contributed by atoms with Crippen molar-refractivity contribution < 1.29 is 62.1 Å². The molecule has 9 rings (SSSR count). The molecule has 23 heteroatoms. The molecule has 0 spiro atoms. The molecule has 0 aliphatic carbocycles. The standard InChI is InChI=1S/C63H75N9O13Si/c1-38(67-58(74)20-13-12-19-57(73)64-21-14-22-85-70-63(79)82-23-24-86(5,6)7)59(75)68-39(2)60(76)69-44-26-40(36-83-55-32-49-47(30-53(55)80-3)61(77)71-45(34-65-49)28-42-15-8-10-17-51(42)71)25-41(27-44)37-84-56-33-50-48(31-54(56)81-4)62(78)72-46(35-66-50)29-43-16-9-11-18-52(43)72/h8-11,15-18,25-27,30-34,38-39,45-46,66H,12-14,19-24,28-29,35-37H2,1-7H3,(H,64,73)(H,67,74)(H,68,75)(H,69,76)(H,70,79)/t38-,39-,45-,46-/m0/s1. The smallest absolute Gasteiger partial charge is 0.431 e. The quantitative estimate of drug-likeness (QED) is 0.0173. The second-order valence-electron chi connectivity index (χ2n) is 22.9. The number of anilines is 4. The molecule has 22 nitrogen and oxygen atoms in total. The average molecular weight is 1190 g/mol. The van der Waals surface area contributed by atoms with E-state index in [1.54, 1.807) is 47.5 Å². The molecule has 4 heterocycles. The number of carbonyl (C=O) groups is 7. The number of unbranched alkanes of at least 4 members (excludes halogenated alkanes) is 1. The van der Waals surface area contributed by atoms with Crippen LogP contribution in [0, 0.1) is 0 Å². The summed E-state index contributed by atoms with van der Waals surface area (Å²) in [5.41, 5.74) is 9.53. The van der Waals surface area contributed by atoms with Gasteiger partial charge in [-0.05, 0) is 110 Å². The molecular formula is C63H75N9O13Si. The number of nitrogens with zero attached hydrogens (tertiary/aromatic N) is 3. The Hall–Kier alpha value is -8.96. The summed E-state index contributed by atoms with van der Waals surface area (Å²) < 4.78 is 29.6. The van der Waals surface area contributed by atoms with Crippen molar-refractivity contribution in [2.75, 3.05) is 61.0 Å². The second-order valence-corrected chi connectivity index (χ2v) is 28.5. The Kier molecular flexibility index (Phi) is 19.9. The molecule has 7 amide bonds. The highest BCUT2D eigenvalue weighted by atomic mass is 28.3. The highest BCUT2D eigenvalue weighted by Gasteiger charge is 2.39. The van der Waals surface area contributed by atoms with Crippen LogP contribution in [0.2, 0.25) is 25.7 Å². The normalized spacial score (nSPS) is 16.0. The summed E-state index contributed by atoms with van der Waals surface area (Å²) in [6.07, 6.45) is 4.06. The zero-order valence-electron chi connectivity index (χ0n) is 49.6. The lowest BCUT2D eigenvalue weighted by Gasteiger charge is -2.22. The van der Waals surface area contributed by atoms with Gasteiger partial charge in [-0.1, -0.05) is 56.0 Å². The number of nitrogens with one attached hydrogen (secondary N) is 6. The number of ether oxygens (including phenoxy) is 5. The van der Waals surface area contributed by atoms with E-state index in [4.69, 9.17) is 33.5 Å². The maximum atomic E-state index is 14.2. The van der Waals surface area contributed by atoms with Gasteiger partial charge in [-0.2, -0.15) is 5.48 Å². The van der Waals surface area contributed by atoms with Crippen LogP contribution in [0.25, 0.3) is 0 Å². The average Bonchev–Trinajstić information content (AvgIpc) is 2.40. The van der Waals surface area contributed by atoms with Crippen LogP contribution < -0.4 is 60.8 Å². The number of amides is 7. The predicted molar refractivity (Wildman–Crippen MR) is 328 cm³/mol. The molecule has 0 fully saturated rings. The largest absolute Gasteiger partial charge is 0.493 e. The van der Waals surface area contributed by atoms with Crippen LogP contribution in [0.15, 0.2) is 96.0 Å². The van der Waals surface area contributed by atoms with Crippen LogP contribution in [-0.2, 0) is 54.8 Å². The molecule has 0 bridgehead atoms. The molecule has 4 aliphatic heterocycles. The fourth-order valence-electron chi connectivity index (χ4n) is 10.6. The van der Waals surface area contributed by atoms with E-state index in [-0.39, 0.29) is 62.5 Å². The summed E-state index contributed by atoms with van der Waals surface area (Å²) in [6.45, 7) is 10.9. The zero-order valence-corrected chi connectivity index (χ0v) is 50.6. The molecule has 5 aromatic carbocycles. The van der Waals surface area contributed by atoms with Crippen LogP contribution in [0.1, 0.15) is 88.9 Å². The van der Waals surface area contributed by atoms with Gasteiger partial charge in [-0.15, -0.1) is 0 Å². The Labute approximate surface area is 501 Å². The molecule has 4 atom stereocenters. The summed E-state index contributed by atoms with van der Waals surface area (Å²) >= 11 is 0. The van der Waals surface area contributed by atoms with Crippen LogP contribution >= 0.6 is 0 Å². The summed E-state index contributed by atoms with van der Waals surface area (Å²) in [7, 11) is 1.67. The number of hydrogen-bond donors (Lipinski definition) is 6. The SMILES string of the molecule is COc1cc2c(cc1OCc1cc(COc3cc4c(cc3OC)C(=O)N3c5ccccc5C[C@H]3CN4)cc(NC(=O)[C@H](C)NC(=O)[C@H](C)NC(=O)CCCCC(=O)NCCCONC(=O)OCC[Si](C)(C)C)c1)N=C[C@@H]1Cc3ccccc3N1C2=O. The van der Waals surface area contributed by atoms with Gasteiger partial charge < -0.3 is 55.2 Å². The molecule has 4 aliphatic rings. The van der Waals surface area contributed by atoms with Crippen LogP contribution in [0.3, 0.4) is 0 Å². The summed E-state index contributed by atoms with van der Waals surface area (Å²) in [4.78, 5) is 106. The summed E-state index contributed by atoms with van der Waals surface area (Å²) in [5, 5.41) is 14.5. The van der Waals surface area contributed by atoms with E-state index in [9.17, 15) is 33.6 Å². The van der Waals surface area contributed by atoms with E-state index >= 15 is 0 Å². The van der Waals surface area contributed by atoms with Crippen LogP contribution in [0.4, 0.5) is 33.2 Å². The van der Waals surface area contributed by atoms with E-state index in [1.165, 1.54) is 28.1 Å². The van der Waals surface area contributed by atoms with Gasteiger partial charge in [0.1, 0.15) is 25.3 Å². The Morgan fingerprint density at radius 1 is 0.686 bits per heavy atom. The van der Waals surface area contributed by atoms with E-state index in [0.29, 0.717) is 108 Å². The number of para-hydroxylation sites is 2. The van der Waals surface area contributed by atoms with E-state index < -0.39 is 44.0 Å². The number of hydrogen-bond acceptors (Lipinski definition) is 15. The van der Waals surface area contributed by atoms with E-state index in [1.807, 2.05) is 59.5 Å². The Morgan fingerprint density at radius 3 is 1.99 bits per heavy atom. The lowest BCUT2D eigenvalue weighted by atomic mass is 10.1. The van der Waals surface area contributed by atoms with Crippen molar-refractivity contribution in [2.24, 2.45) is 4.99 Å². The lowest BCUT2D eigenvalue weighted by molar-refractivity contribution is -0.130. The van der Waals surface area contributed by atoms with Crippen LogP contribution in [0.5, 0.6) is 23.0 Å². The van der Waals surface area contributed by atoms with E-state index in [2.05, 4.69) is 51.7 Å². The molecule has 86 heavy (non-hydrogen) atoms. The number of carbonyl (C=O) groups excluding carboxylic acids is 7. The fraction of sp³-hybridized carbons (Fsp3) is 0.397. The van der Waals surface area contributed by atoms with Crippen molar-refractivity contribution in [2.45, 2.75) is 122 Å². The van der Waals surface area contributed by atoms with Gasteiger partial charge >= 0.3 is 6.09 Å². The highest BCUT2D eigenvalue weighted by molar-refractivity contribution is 6.76. The topological polar surface area (TPSA) is 266 Å². The van der Waals surface area contributed by atoms with Gasteiger partial charge in [0, 0.05) is 75.8 Å². The summed E-state index contributed by atoms with van der Waals surface area (Å²) in [5.74, 6) is -0.732. The van der Waals surface area contributed by atoms with Gasteiger partial charge in [-0.3, -0.25) is 43.5 Å². The van der Waals surface area contributed by atoms with Crippen molar-refractivity contribution in [3.8, 4) is 23.0 Å². The van der Waals surface area contributed by atoms with Crippen molar-refractivity contribution in [1.29, 1.82) is 0 Å². The molecule has 6 N–H and O–H groups in total. The van der Waals surface area contributed by atoms with Crippen molar-refractivity contribution in [3.05, 3.63) is 124 Å². The van der Waals surface area contributed by atoms with Gasteiger partial charge in [0.05, 0.1) is 62.0 Å². The molecule has 0 unspecified atom stereocenters. The van der Waals surface area contributed by atoms with Gasteiger partial charge in [0.25, 0.3) is 11.8 Å². The number of methoxy groups -OCH3 is 2. The number of rotatable bonds is 26. The Bertz CT molecular complexity index is 3410. The third-order valence-electron chi connectivity index (χ3n) is 15.2. The molecule has 0 aromatic heterocycles. The van der Waals surface area contributed by atoms with Gasteiger partial charge in [0.2, 0.25) is 23.6 Å². The third-order valence-corrected chi connectivity index (χ3v) is 16.9. The van der Waals surface area contributed by atoms with E-state index in [0.717, 1.165) is 35.0 Å². The minimum atomic E-state index is -1.32. The highest BCUT2D eigenvalue weighted by Crippen LogP contribution is 2.43. The van der Waals surface area contributed by atoms with Crippen LogP contribution in [-0.4, -0.2) is 121 Å². The molecule has 0 saturated heterocycles. The predicted octanol–water partition coefficient (Wildman–Crippen LogP) is 8.16. The monoisotopic (exact) mass is 1190 g/mol. The Balaban J connectivity index is 0.813. The first-order valence-electron chi connectivity index (χ1n) is 29.0. The molecule has 0 saturated carbocycles. The lowest BCUT2D eigenvalue weighted by Crippen LogP contribution is -2.50. The summed E-state index contributed by atoms with van der Waals surface area (Å²) in [6, 6.07) is 26.2. The Morgan fingerprint density at radius 2 is 1.30 bits per heavy atom. The molecule has 5 aromatic rings. The second kappa shape index (κ2) is 27.8.